The van der Waals surface area contributed by atoms with Gasteiger partial charge < -0.3 is 5.32 Å². The summed E-state index contributed by atoms with van der Waals surface area (Å²) < 4.78 is 13.1. The highest BCUT2D eigenvalue weighted by Crippen LogP contribution is 2.17. The molecule has 4 heteroatoms. The maximum absolute atomic E-state index is 13.1. The molecule has 2 nitrogen and oxygen atoms in total. The number of halogens is 2. The highest BCUT2D eigenvalue weighted by molar-refractivity contribution is 6.30. The van der Waals surface area contributed by atoms with Gasteiger partial charge in [0.1, 0.15) is 11.6 Å². The number of nitrogens with one attached hydrogen (secondary N) is 1. The number of carbonyl (C=O) groups is 1. The SMILES string of the molecule is O=C(Cc1ccc(Cl)c(F)c1)CC1CNC1. The van der Waals surface area contributed by atoms with Crippen LogP contribution in [-0.4, -0.2) is 18.9 Å². The molecule has 0 radical (unpaired) electrons. The Hall–Kier alpha value is -0.930. The summed E-state index contributed by atoms with van der Waals surface area (Å²) in [7, 11) is 0. The van der Waals surface area contributed by atoms with Crippen LogP contribution in [0, 0.1) is 11.7 Å². The van der Waals surface area contributed by atoms with Crippen LogP contribution < -0.4 is 5.32 Å². The zero-order valence-corrected chi connectivity index (χ0v) is 9.56. The van der Waals surface area contributed by atoms with Crippen LogP contribution in [0.1, 0.15) is 12.0 Å². The molecule has 0 aromatic heterocycles. The summed E-state index contributed by atoms with van der Waals surface area (Å²) in [4.78, 5) is 11.6. The summed E-state index contributed by atoms with van der Waals surface area (Å²) in [6.07, 6.45) is 0.877. The molecule has 0 unspecified atom stereocenters. The third-order valence-corrected chi connectivity index (χ3v) is 3.07. The van der Waals surface area contributed by atoms with E-state index in [-0.39, 0.29) is 10.8 Å². The highest BCUT2D eigenvalue weighted by atomic mass is 35.5. The molecule has 2 rings (SSSR count). The Morgan fingerprint density at radius 3 is 2.81 bits per heavy atom. The van der Waals surface area contributed by atoms with Crippen LogP contribution in [0.4, 0.5) is 4.39 Å². The molecule has 0 bridgehead atoms. The van der Waals surface area contributed by atoms with Gasteiger partial charge in [0.15, 0.2) is 0 Å². The molecule has 1 aliphatic rings. The van der Waals surface area contributed by atoms with Crippen molar-refractivity contribution in [2.45, 2.75) is 12.8 Å². The topological polar surface area (TPSA) is 29.1 Å². The Morgan fingerprint density at radius 1 is 1.50 bits per heavy atom. The van der Waals surface area contributed by atoms with Crippen LogP contribution in [0.25, 0.3) is 0 Å². The van der Waals surface area contributed by atoms with Crippen molar-refractivity contribution < 1.29 is 9.18 Å². The predicted molar refractivity (Wildman–Crippen MR) is 61.1 cm³/mol. The van der Waals surface area contributed by atoms with Crippen molar-refractivity contribution in [3.05, 3.63) is 34.6 Å². The van der Waals surface area contributed by atoms with Gasteiger partial charge >= 0.3 is 0 Å². The summed E-state index contributed by atoms with van der Waals surface area (Å²) in [6, 6.07) is 4.52. The summed E-state index contributed by atoms with van der Waals surface area (Å²) >= 11 is 5.56. The van der Waals surface area contributed by atoms with E-state index < -0.39 is 5.82 Å². The molecule has 0 atom stereocenters. The fourth-order valence-corrected chi connectivity index (χ4v) is 1.88. The van der Waals surface area contributed by atoms with E-state index >= 15 is 0 Å². The quantitative estimate of drug-likeness (QED) is 0.876. The Morgan fingerprint density at radius 2 is 2.25 bits per heavy atom. The number of Topliss-reactive ketones (excluding diaryl/α,β-unsaturated/α-hetero) is 1. The molecule has 86 valence electrons. The monoisotopic (exact) mass is 241 g/mol. The van der Waals surface area contributed by atoms with E-state index in [4.69, 9.17) is 11.6 Å². The Kier molecular flexibility index (Phi) is 3.56. The number of ketones is 1. The number of benzene rings is 1. The van der Waals surface area contributed by atoms with E-state index in [9.17, 15) is 9.18 Å². The second-order valence-electron chi connectivity index (χ2n) is 4.19. The van der Waals surface area contributed by atoms with Crippen molar-refractivity contribution in [1.82, 2.24) is 5.32 Å². The average Bonchev–Trinajstić information content (AvgIpc) is 2.18. The lowest BCUT2D eigenvalue weighted by atomic mass is 9.94. The van der Waals surface area contributed by atoms with Gasteiger partial charge in [-0.25, -0.2) is 4.39 Å². The Bertz CT molecular complexity index is 404. The minimum Gasteiger partial charge on any atom is -0.316 e. The zero-order valence-electron chi connectivity index (χ0n) is 8.80. The molecular formula is C12H13ClFNO. The van der Waals surface area contributed by atoms with Crippen LogP contribution in [0.2, 0.25) is 5.02 Å². The summed E-state index contributed by atoms with van der Waals surface area (Å²) in [5, 5.41) is 3.21. The minimum atomic E-state index is -0.461. The lowest BCUT2D eigenvalue weighted by Gasteiger charge is -2.26. The predicted octanol–water partition coefficient (Wildman–Crippen LogP) is 2.20. The third kappa shape index (κ3) is 2.80. The van der Waals surface area contributed by atoms with Crippen LogP contribution in [0.5, 0.6) is 0 Å². The van der Waals surface area contributed by atoms with Crippen LogP contribution in [0.3, 0.4) is 0 Å². The molecule has 1 fully saturated rings. The first-order valence-corrected chi connectivity index (χ1v) is 5.69. The van der Waals surface area contributed by atoms with E-state index in [1.54, 1.807) is 6.07 Å². The summed E-state index contributed by atoms with van der Waals surface area (Å²) in [5.74, 6) is 0.162. The molecular weight excluding hydrogens is 229 g/mol. The van der Waals surface area contributed by atoms with Crippen LogP contribution >= 0.6 is 11.6 Å². The molecule has 16 heavy (non-hydrogen) atoms. The maximum atomic E-state index is 13.1. The molecule has 1 N–H and O–H groups in total. The van der Waals surface area contributed by atoms with Crippen molar-refractivity contribution in [2.24, 2.45) is 5.92 Å². The van der Waals surface area contributed by atoms with Crippen molar-refractivity contribution in [3.8, 4) is 0 Å². The molecule has 1 aromatic rings. The van der Waals surface area contributed by atoms with E-state index in [1.807, 2.05) is 0 Å². The molecule has 0 aliphatic carbocycles. The molecule has 0 spiro atoms. The van der Waals surface area contributed by atoms with E-state index in [1.165, 1.54) is 12.1 Å². The van der Waals surface area contributed by atoms with Gasteiger partial charge in [-0.15, -0.1) is 0 Å². The van der Waals surface area contributed by atoms with E-state index in [0.717, 1.165) is 13.1 Å². The van der Waals surface area contributed by atoms with Gasteiger partial charge in [-0.3, -0.25) is 4.79 Å². The van der Waals surface area contributed by atoms with E-state index in [0.29, 0.717) is 24.3 Å². The zero-order chi connectivity index (χ0) is 11.5. The second kappa shape index (κ2) is 4.93. The normalized spacial score (nSPS) is 15.9. The molecule has 0 amide bonds. The van der Waals surface area contributed by atoms with Gasteiger partial charge in [-0.05, 0) is 36.7 Å². The van der Waals surface area contributed by atoms with Crippen molar-refractivity contribution in [2.75, 3.05) is 13.1 Å². The molecule has 1 saturated heterocycles. The van der Waals surface area contributed by atoms with Gasteiger partial charge in [-0.2, -0.15) is 0 Å². The molecule has 1 aromatic carbocycles. The standard InChI is InChI=1S/C12H13ClFNO/c13-11-2-1-8(5-12(11)14)3-10(16)4-9-6-15-7-9/h1-2,5,9,15H,3-4,6-7H2. The average molecular weight is 242 g/mol. The lowest BCUT2D eigenvalue weighted by Crippen LogP contribution is -2.43. The maximum Gasteiger partial charge on any atom is 0.142 e. The largest absolute Gasteiger partial charge is 0.316 e. The van der Waals surface area contributed by atoms with Gasteiger partial charge in [0.25, 0.3) is 0 Å². The Labute approximate surface area is 98.8 Å². The molecule has 1 heterocycles. The fraction of sp³-hybridized carbons (Fsp3) is 0.417. The number of carbonyl (C=O) groups excluding carboxylic acids is 1. The third-order valence-electron chi connectivity index (χ3n) is 2.77. The van der Waals surface area contributed by atoms with Crippen molar-refractivity contribution in [1.29, 1.82) is 0 Å². The number of rotatable bonds is 4. The first-order valence-electron chi connectivity index (χ1n) is 5.31. The van der Waals surface area contributed by atoms with Crippen molar-refractivity contribution >= 4 is 17.4 Å². The smallest absolute Gasteiger partial charge is 0.142 e. The van der Waals surface area contributed by atoms with Crippen LogP contribution in [-0.2, 0) is 11.2 Å². The van der Waals surface area contributed by atoms with E-state index in [2.05, 4.69) is 5.32 Å². The summed E-state index contributed by atoms with van der Waals surface area (Å²) in [6.45, 7) is 1.83. The molecule has 1 aliphatic heterocycles. The minimum absolute atomic E-state index is 0.0967. The van der Waals surface area contributed by atoms with Gasteiger partial charge in [-0.1, -0.05) is 17.7 Å². The van der Waals surface area contributed by atoms with Gasteiger partial charge in [0.2, 0.25) is 0 Å². The van der Waals surface area contributed by atoms with Crippen molar-refractivity contribution in [3.63, 3.8) is 0 Å². The Balaban J connectivity index is 1.92. The van der Waals surface area contributed by atoms with Gasteiger partial charge in [0.05, 0.1) is 5.02 Å². The summed E-state index contributed by atoms with van der Waals surface area (Å²) in [5.41, 5.74) is 0.694. The highest BCUT2D eigenvalue weighted by Gasteiger charge is 2.20. The first-order chi connectivity index (χ1) is 7.65. The fourth-order valence-electron chi connectivity index (χ4n) is 1.76. The van der Waals surface area contributed by atoms with Gasteiger partial charge in [0, 0.05) is 12.8 Å². The number of hydrogen-bond acceptors (Lipinski definition) is 2. The number of hydrogen-bond donors (Lipinski definition) is 1. The molecule has 0 saturated carbocycles. The first kappa shape index (κ1) is 11.6. The lowest BCUT2D eigenvalue weighted by molar-refractivity contribution is -0.119. The second-order valence-corrected chi connectivity index (χ2v) is 4.60. The van der Waals surface area contributed by atoms with Crippen LogP contribution in [0.15, 0.2) is 18.2 Å².